The highest BCUT2D eigenvalue weighted by Gasteiger charge is 2.22. The maximum atomic E-state index is 12.5. The second kappa shape index (κ2) is 7.84. The van der Waals surface area contributed by atoms with Gasteiger partial charge in [-0.25, -0.2) is 4.98 Å². The van der Waals surface area contributed by atoms with Crippen LogP contribution in [-0.2, 0) is 11.3 Å². The number of thioether (sulfide) groups is 1. The number of nitrogens with one attached hydrogen (secondary N) is 1. The number of aryl methyl sites for hydroxylation is 1. The Morgan fingerprint density at radius 3 is 2.81 bits per heavy atom. The Balaban J connectivity index is 1.55. The molecule has 3 aromatic rings. The summed E-state index contributed by atoms with van der Waals surface area (Å²) >= 11 is 1.37. The lowest BCUT2D eigenvalue weighted by Gasteiger charge is -2.24. The molecular weight excluding hydrogens is 358 g/mol. The Bertz CT molecular complexity index is 964. The first kappa shape index (κ1) is 18.2. The van der Waals surface area contributed by atoms with Crippen LogP contribution in [0, 0.1) is 0 Å². The van der Waals surface area contributed by atoms with Crippen molar-refractivity contribution in [3.63, 3.8) is 0 Å². The van der Waals surface area contributed by atoms with E-state index in [9.17, 15) is 4.79 Å². The van der Waals surface area contributed by atoms with Crippen LogP contribution in [0.1, 0.15) is 46.0 Å². The number of carbonyl (C=O) groups is 1. The maximum absolute atomic E-state index is 12.5. The van der Waals surface area contributed by atoms with E-state index in [0.29, 0.717) is 11.2 Å². The summed E-state index contributed by atoms with van der Waals surface area (Å²) in [4.78, 5) is 17.3. The molecule has 0 saturated heterocycles. The Morgan fingerprint density at radius 2 is 2.04 bits per heavy atom. The van der Waals surface area contributed by atoms with E-state index in [4.69, 9.17) is 4.98 Å². The first-order valence-electron chi connectivity index (χ1n) is 9.76. The van der Waals surface area contributed by atoms with Gasteiger partial charge in [-0.3, -0.25) is 4.79 Å². The van der Waals surface area contributed by atoms with Crippen molar-refractivity contribution in [1.29, 1.82) is 0 Å². The monoisotopic (exact) mass is 383 g/mol. The minimum absolute atomic E-state index is 0.0617. The zero-order chi connectivity index (χ0) is 18.8. The highest BCUT2D eigenvalue weighted by Crippen LogP contribution is 2.28. The van der Waals surface area contributed by atoms with Gasteiger partial charge in [0, 0.05) is 18.0 Å². The number of amides is 1. The van der Waals surface area contributed by atoms with Gasteiger partial charge in [-0.15, -0.1) is 10.2 Å². The fourth-order valence-electron chi connectivity index (χ4n) is 3.84. The number of rotatable bonds is 5. The van der Waals surface area contributed by atoms with Gasteiger partial charge < -0.3 is 9.88 Å². The summed E-state index contributed by atoms with van der Waals surface area (Å²) in [6.07, 6.45) is 5.87. The summed E-state index contributed by atoms with van der Waals surface area (Å²) in [5.74, 6) is 0.0617. The lowest BCUT2D eigenvalue weighted by atomic mass is 9.95. The molecule has 1 amide bonds. The molecule has 0 radical (unpaired) electrons. The molecule has 1 aromatic carbocycles. The Kier molecular flexibility index (Phi) is 5.29. The smallest absolute Gasteiger partial charge is 0.233 e. The number of para-hydroxylation sites is 1. The first-order chi connectivity index (χ1) is 13.2. The predicted molar refractivity (Wildman–Crippen MR) is 109 cm³/mol. The van der Waals surface area contributed by atoms with Crippen molar-refractivity contribution in [2.24, 2.45) is 0 Å². The van der Waals surface area contributed by atoms with Gasteiger partial charge in [-0.2, -0.15) is 0 Å². The van der Waals surface area contributed by atoms with Crippen LogP contribution in [0.3, 0.4) is 0 Å². The topological polar surface area (TPSA) is 72.7 Å². The number of fused-ring (bicyclic) bond motifs is 3. The number of carbonyl (C=O) groups excluding carboxylic acids is 1. The summed E-state index contributed by atoms with van der Waals surface area (Å²) in [6.45, 7) is 4.82. The number of benzene rings is 1. The Morgan fingerprint density at radius 1 is 1.26 bits per heavy atom. The molecule has 1 saturated carbocycles. The van der Waals surface area contributed by atoms with E-state index in [1.807, 2.05) is 25.1 Å². The highest BCUT2D eigenvalue weighted by molar-refractivity contribution is 8.00. The molecule has 4 rings (SSSR count). The van der Waals surface area contributed by atoms with Crippen LogP contribution < -0.4 is 5.32 Å². The minimum Gasteiger partial charge on any atom is -0.352 e. The zero-order valence-electron chi connectivity index (χ0n) is 15.8. The van der Waals surface area contributed by atoms with Crippen LogP contribution in [0.5, 0.6) is 0 Å². The second-order valence-electron chi connectivity index (χ2n) is 7.13. The van der Waals surface area contributed by atoms with Crippen molar-refractivity contribution in [2.45, 2.75) is 68.9 Å². The average Bonchev–Trinajstić information content (AvgIpc) is 3.01. The molecule has 7 heteroatoms. The third-order valence-corrected chi connectivity index (χ3v) is 6.23. The van der Waals surface area contributed by atoms with Gasteiger partial charge in [0.25, 0.3) is 0 Å². The SMILES string of the molecule is CCn1c2ccccc2c2nnc(S[C@@H](C)C(=O)NC3CCCCC3)nc21. The molecule has 2 aromatic heterocycles. The summed E-state index contributed by atoms with van der Waals surface area (Å²) in [5.41, 5.74) is 2.76. The third-order valence-electron chi connectivity index (χ3n) is 5.27. The highest BCUT2D eigenvalue weighted by atomic mass is 32.2. The quantitative estimate of drug-likeness (QED) is 0.676. The predicted octanol–water partition coefficient (Wildman–Crippen LogP) is 3.93. The zero-order valence-corrected chi connectivity index (χ0v) is 16.6. The van der Waals surface area contributed by atoms with Gasteiger partial charge in [0.05, 0.1) is 10.8 Å². The van der Waals surface area contributed by atoms with Crippen LogP contribution in [0.4, 0.5) is 0 Å². The molecule has 1 aliphatic carbocycles. The van der Waals surface area contributed by atoms with Gasteiger partial charge in [0.15, 0.2) is 5.65 Å². The largest absolute Gasteiger partial charge is 0.352 e. The Labute approximate surface area is 163 Å². The lowest BCUT2D eigenvalue weighted by Crippen LogP contribution is -2.40. The standard InChI is InChI=1S/C20H25N5OS/c1-3-25-16-12-8-7-11-15(16)17-18(25)22-20(24-23-17)27-13(2)19(26)21-14-9-5-4-6-10-14/h7-8,11-14H,3-6,9-10H2,1-2H3,(H,21,26)/t13-/m0/s1. The fourth-order valence-corrected chi connectivity index (χ4v) is 4.55. The molecule has 142 valence electrons. The van der Waals surface area contributed by atoms with Crippen molar-refractivity contribution in [3.05, 3.63) is 24.3 Å². The van der Waals surface area contributed by atoms with Gasteiger partial charge in [-0.05, 0) is 32.8 Å². The van der Waals surface area contributed by atoms with E-state index < -0.39 is 0 Å². The number of nitrogens with zero attached hydrogens (tertiary/aromatic N) is 4. The van der Waals surface area contributed by atoms with Crippen molar-refractivity contribution >= 4 is 39.7 Å². The van der Waals surface area contributed by atoms with Crippen molar-refractivity contribution in [2.75, 3.05) is 0 Å². The molecular formula is C20H25N5OS. The molecule has 0 spiro atoms. The molecule has 1 aliphatic rings. The molecule has 1 fully saturated rings. The fraction of sp³-hybridized carbons (Fsp3) is 0.500. The lowest BCUT2D eigenvalue weighted by molar-refractivity contribution is -0.121. The number of hydrogen-bond acceptors (Lipinski definition) is 5. The van der Waals surface area contributed by atoms with Gasteiger partial charge >= 0.3 is 0 Å². The van der Waals surface area contributed by atoms with Crippen molar-refractivity contribution in [1.82, 2.24) is 25.1 Å². The van der Waals surface area contributed by atoms with E-state index in [0.717, 1.165) is 41.5 Å². The maximum Gasteiger partial charge on any atom is 0.233 e. The number of hydrogen-bond donors (Lipinski definition) is 1. The Hall–Kier alpha value is -2.15. The van der Waals surface area contributed by atoms with E-state index in [-0.39, 0.29) is 11.2 Å². The summed E-state index contributed by atoms with van der Waals surface area (Å²) in [6, 6.07) is 8.47. The van der Waals surface area contributed by atoms with Crippen molar-refractivity contribution in [3.8, 4) is 0 Å². The van der Waals surface area contributed by atoms with E-state index in [1.165, 1.54) is 31.0 Å². The molecule has 0 bridgehead atoms. The summed E-state index contributed by atoms with van der Waals surface area (Å²) in [5, 5.41) is 13.2. The van der Waals surface area contributed by atoms with Gasteiger partial charge in [-0.1, -0.05) is 49.2 Å². The molecule has 27 heavy (non-hydrogen) atoms. The second-order valence-corrected chi connectivity index (χ2v) is 8.44. The van der Waals surface area contributed by atoms with Gasteiger partial charge in [0.1, 0.15) is 5.52 Å². The van der Waals surface area contributed by atoms with Crippen LogP contribution >= 0.6 is 11.8 Å². The van der Waals surface area contributed by atoms with Gasteiger partial charge in [0.2, 0.25) is 11.1 Å². The summed E-state index contributed by atoms with van der Waals surface area (Å²) in [7, 11) is 0. The molecule has 6 nitrogen and oxygen atoms in total. The van der Waals surface area contributed by atoms with E-state index in [1.54, 1.807) is 0 Å². The molecule has 1 atom stereocenters. The minimum atomic E-state index is -0.245. The van der Waals surface area contributed by atoms with Crippen LogP contribution in [0.15, 0.2) is 29.4 Å². The first-order valence-corrected chi connectivity index (χ1v) is 10.6. The van der Waals surface area contributed by atoms with Crippen LogP contribution in [0.2, 0.25) is 0 Å². The molecule has 0 unspecified atom stereocenters. The normalized spacial score (nSPS) is 16.7. The summed E-state index contributed by atoms with van der Waals surface area (Å²) < 4.78 is 2.15. The van der Waals surface area contributed by atoms with E-state index >= 15 is 0 Å². The average molecular weight is 384 g/mol. The van der Waals surface area contributed by atoms with E-state index in [2.05, 4.69) is 33.1 Å². The molecule has 0 aliphatic heterocycles. The van der Waals surface area contributed by atoms with Crippen LogP contribution in [0.25, 0.3) is 22.1 Å². The third kappa shape index (κ3) is 3.65. The van der Waals surface area contributed by atoms with Crippen molar-refractivity contribution < 1.29 is 4.79 Å². The number of aromatic nitrogens is 4. The molecule has 2 heterocycles. The van der Waals surface area contributed by atoms with Crippen LogP contribution in [-0.4, -0.2) is 36.9 Å². The molecule has 1 N–H and O–H groups in total.